The van der Waals surface area contributed by atoms with Crippen molar-refractivity contribution in [3.8, 4) is 5.75 Å². The van der Waals surface area contributed by atoms with Crippen molar-refractivity contribution in [3.63, 3.8) is 0 Å². The first kappa shape index (κ1) is 13.0. The molecule has 5 heteroatoms. The molecular formula is C16H16F3NO. The van der Waals surface area contributed by atoms with Gasteiger partial charge in [-0.25, -0.2) is 0 Å². The molecule has 1 aromatic rings. The van der Waals surface area contributed by atoms with Crippen molar-refractivity contribution in [3.05, 3.63) is 35.9 Å². The minimum absolute atomic E-state index is 0.132. The molecule has 1 N–H and O–H groups in total. The third-order valence-electron chi connectivity index (χ3n) is 4.74. The van der Waals surface area contributed by atoms with Crippen LogP contribution >= 0.6 is 0 Å². The van der Waals surface area contributed by atoms with Crippen LogP contribution in [0.5, 0.6) is 5.75 Å². The van der Waals surface area contributed by atoms with Crippen LogP contribution in [0.4, 0.5) is 18.9 Å². The quantitative estimate of drug-likeness (QED) is 0.814. The van der Waals surface area contributed by atoms with E-state index in [-0.39, 0.29) is 11.7 Å². The van der Waals surface area contributed by atoms with Gasteiger partial charge in [-0.1, -0.05) is 12.2 Å². The van der Waals surface area contributed by atoms with Gasteiger partial charge in [-0.2, -0.15) is 0 Å². The molecule has 1 aliphatic heterocycles. The lowest BCUT2D eigenvalue weighted by molar-refractivity contribution is -0.274. The van der Waals surface area contributed by atoms with Crippen molar-refractivity contribution in [2.75, 3.05) is 5.32 Å². The van der Waals surface area contributed by atoms with E-state index >= 15 is 0 Å². The van der Waals surface area contributed by atoms with Crippen LogP contribution in [0.3, 0.4) is 0 Å². The van der Waals surface area contributed by atoms with E-state index in [0.29, 0.717) is 12.0 Å². The van der Waals surface area contributed by atoms with E-state index in [2.05, 4.69) is 22.2 Å². The molecule has 112 valence electrons. The third kappa shape index (κ3) is 2.39. The summed E-state index contributed by atoms with van der Waals surface area (Å²) < 4.78 is 41.1. The molecule has 0 bridgehead atoms. The maximum Gasteiger partial charge on any atom is 0.573 e. The van der Waals surface area contributed by atoms with Crippen LogP contribution in [0.2, 0.25) is 0 Å². The van der Waals surface area contributed by atoms with E-state index in [4.69, 9.17) is 0 Å². The predicted octanol–water partition coefficient (Wildman–Crippen LogP) is 4.45. The zero-order chi connectivity index (χ0) is 14.6. The van der Waals surface area contributed by atoms with Crippen LogP contribution < -0.4 is 10.1 Å². The molecule has 0 amide bonds. The van der Waals surface area contributed by atoms with Crippen molar-refractivity contribution in [2.45, 2.75) is 37.6 Å². The van der Waals surface area contributed by atoms with E-state index in [0.717, 1.165) is 23.6 Å². The van der Waals surface area contributed by atoms with Gasteiger partial charge in [0, 0.05) is 17.6 Å². The Morgan fingerprint density at radius 1 is 1.19 bits per heavy atom. The highest BCUT2D eigenvalue weighted by Crippen LogP contribution is 2.51. The van der Waals surface area contributed by atoms with Gasteiger partial charge in [0.15, 0.2) is 0 Å². The molecule has 3 atom stereocenters. The molecular weight excluding hydrogens is 279 g/mol. The molecule has 2 nitrogen and oxygen atoms in total. The summed E-state index contributed by atoms with van der Waals surface area (Å²) in [6, 6.07) is 5.09. The smallest absolute Gasteiger partial charge is 0.406 e. The van der Waals surface area contributed by atoms with Gasteiger partial charge in [-0.05, 0) is 54.9 Å². The minimum Gasteiger partial charge on any atom is -0.406 e. The Hall–Kier alpha value is -1.65. The Bertz CT molecular complexity index is 592. The molecule has 21 heavy (non-hydrogen) atoms. The molecule has 0 saturated heterocycles. The lowest BCUT2D eigenvalue weighted by Gasteiger charge is -2.37. The zero-order valence-corrected chi connectivity index (χ0v) is 11.4. The highest BCUT2D eigenvalue weighted by molar-refractivity contribution is 5.61. The number of hydrogen-bond donors (Lipinski definition) is 1. The van der Waals surface area contributed by atoms with Gasteiger partial charge in [-0.3, -0.25) is 0 Å². The molecule has 4 rings (SSSR count). The number of anilines is 1. The lowest BCUT2D eigenvalue weighted by atomic mass is 9.77. The fourth-order valence-electron chi connectivity index (χ4n) is 3.73. The molecule has 0 radical (unpaired) electrons. The molecule has 1 aromatic carbocycles. The summed E-state index contributed by atoms with van der Waals surface area (Å²) in [4.78, 5) is 0. The largest absolute Gasteiger partial charge is 0.573 e. The molecule has 3 unspecified atom stereocenters. The highest BCUT2D eigenvalue weighted by Gasteiger charge is 2.44. The summed E-state index contributed by atoms with van der Waals surface area (Å²) in [5, 5.41) is 3.54. The average molecular weight is 295 g/mol. The maximum atomic E-state index is 12.4. The Labute approximate surface area is 121 Å². The fourth-order valence-corrected chi connectivity index (χ4v) is 3.73. The fraction of sp³-hybridized carbons (Fsp3) is 0.500. The summed E-state index contributed by atoms with van der Waals surface area (Å²) in [6.45, 7) is 0. The first-order chi connectivity index (χ1) is 10.0. The Kier molecular flexibility index (Phi) is 2.75. The summed E-state index contributed by atoms with van der Waals surface area (Å²) in [5.74, 6) is 1.26. The normalized spacial score (nSPS) is 30.5. The number of ether oxygens (including phenoxy) is 1. The third-order valence-corrected chi connectivity index (χ3v) is 4.74. The molecule has 2 aliphatic carbocycles. The SMILES string of the molecule is FC(F)(F)Oc1ccc2c(c1)C1C=CCC1C(C1CC1)N2. The van der Waals surface area contributed by atoms with Gasteiger partial charge in [0.05, 0.1) is 0 Å². The zero-order valence-electron chi connectivity index (χ0n) is 11.4. The second-order valence-electron chi connectivity index (χ2n) is 6.16. The number of nitrogens with one attached hydrogen (secondary N) is 1. The van der Waals surface area contributed by atoms with Gasteiger partial charge in [0.2, 0.25) is 0 Å². The van der Waals surface area contributed by atoms with Crippen molar-refractivity contribution in [1.82, 2.24) is 0 Å². The van der Waals surface area contributed by atoms with Crippen LogP contribution in [0.1, 0.15) is 30.7 Å². The molecule has 1 fully saturated rings. The Balaban J connectivity index is 1.68. The molecule has 1 saturated carbocycles. The average Bonchev–Trinajstić information content (AvgIpc) is 3.12. The van der Waals surface area contributed by atoms with Gasteiger partial charge >= 0.3 is 6.36 Å². The van der Waals surface area contributed by atoms with Crippen molar-refractivity contribution in [1.29, 1.82) is 0 Å². The van der Waals surface area contributed by atoms with Crippen molar-refractivity contribution in [2.24, 2.45) is 11.8 Å². The summed E-state index contributed by atoms with van der Waals surface area (Å²) in [6.07, 6.45) is 3.16. The van der Waals surface area contributed by atoms with Gasteiger partial charge < -0.3 is 10.1 Å². The second-order valence-corrected chi connectivity index (χ2v) is 6.16. The Morgan fingerprint density at radius 2 is 2.00 bits per heavy atom. The highest BCUT2D eigenvalue weighted by atomic mass is 19.4. The number of halogens is 3. The van der Waals surface area contributed by atoms with Crippen molar-refractivity contribution >= 4 is 5.69 Å². The summed E-state index contributed by atoms with van der Waals surface area (Å²) in [5.41, 5.74) is 1.88. The van der Waals surface area contributed by atoms with Crippen LogP contribution in [-0.4, -0.2) is 12.4 Å². The molecule has 1 heterocycles. The van der Waals surface area contributed by atoms with E-state index in [1.54, 1.807) is 6.07 Å². The number of benzene rings is 1. The number of hydrogen-bond acceptors (Lipinski definition) is 2. The van der Waals surface area contributed by atoms with E-state index < -0.39 is 6.36 Å². The molecule has 3 aliphatic rings. The second kappa shape index (κ2) is 4.42. The summed E-state index contributed by atoms with van der Waals surface area (Å²) >= 11 is 0. The lowest BCUT2D eigenvalue weighted by Crippen LogP contribution is -2.37. The predicted molar refractivity (Wildman–Crippen MR) is 73.2 cm³/mol. The number of alkyl halides is 3. The van der Waals surface area contributed by atoms with E-state index in [1.807, 2.05) is 0 Å². The maximum absolute atomic E-state index is 12.4. The number of allylic oxidation sites excluding steroid dienone is 2. The van der Waals surface area contributed by atoms with Crippen LogP contribution in [-0.2, 0) is 0 Å². The van der Waals surface area contributed by atoms with Crippen LogP contribution in [0.15, 0.2) is 30.4 Å². The van der Waals surface area contributed by atoms with Gasteiger partial charge in [0.25, 0.3) is 0 Å². The van der Waals surface area contributed by atoms with Gasteiger partial charge in [0.1, 0.15) is 5.75 Å². The van der Waals surface area contributed by atoms with Crippen LogP contribution in [0, 0.1) is 11.8 Å². The summed E-state index contributed by atoms with van der Waals surface area (Å²) in [7, 11) is 0. The monoisotopic (exact) mass is 295 g/mol. The van der Waals surface area contributed by atoms with Gasteiger partial charge in [-0.15, -0.1) is 13.2 Å². The van der Waals surface area contributed by atoms with Crippen LogP contribution in [0.25, 0.3) is 0 Å². The number of rotatable bonds is 2. The molecule has 0 aromatic heterocycles. The number of fused-ring (bicyclic) bond motifs is 3. The topological polar surface area (TPSA) is 21.3 Å². The standard InChI is InChI=1S/C16H16F3NO/c17-16(18,19)21-10-6-7-14-13(8-10)11-2-1-3-12(11)15(20-14)9-4-5-9/h1-2,6-9,11-12,15,20H,3-5H2. The molecule has 0 spiro atoms. The minimum atomic E-state index is -4.64. The van der Waals surface area contributed by atoms with E-state index in [1.165, 1.54) is 25.0 Å². The Morgan fingerprint density at radius 3 is 2.71 bits per heavy atom. The first-order valence-corrected chi connectivity index (χ1v) is 7.34. The first-order valence-electron chi connectivity index (χ1n) is 7.34. The van der Waals surface area contributed by atoms with E-state index in [9.17, 15) is 13.2 Å². The van der Waals surface area contributed by atoms with Crippen molar-refractivity contribution < 1.29 is 17.9 Å².